The third kappa shape index (κ3) is 5.73. The first-order valence-corrected chi connectivity index (χ1v) is 13.4. The molecule has 1 fully saturated rings. The minimum atomic E-state index is -0.826. The molecule has 41 heavy (non-hydrogen) atoms. The van der Waals surface area contributed by atoms with Crippen LogP contribution in [0.15, 0.2) is 84.4 Å². The second kappa shape index (κ2) is 11.7. The van der Waals surface area contributed by atoms with Crippen molar-refractivity contribution in [2.45, 2.75) is 27.4 Å². The van der Waals surface area contributed by atoms with E-state index in [1.807, 2.05) is 79.9 Å². The number of amides is 4. The smallest absolute Gasteiger partial charge is 0.336 e. The topological polar surface area (TPSA) is 89.9 Å². The molecule has 208 valence electrons. The Morgan fingerprint density at radius 1 is 0.902 bits per heavy atom. The van der Waals surface area contributed by atoms with Gasteiger partial charge in [0, 0.05) is 22.1 Å². The van der Waals surface area contributed by atoms with Crippen molar-refractivity contribution in [1.29, 1.82) is 0 Å². The Morgan fingerprint density at radius 3 is 2.32 bits per heavy atom. The van der Waals surface area contributed by atoms with Gasteiger partial charge in [0.1, 0.15) is 23.7 Å². The van der Waals surface area contributed by atoms with Crippen LogP contribution in [0.5, 0.6) is 11.5 Å². The number of imide groups is 2. The number of halogens is 1. The quantitative estimate of drug-likeness (QED) is 0.196. The molecular weight excluding hydrogens is 542 g/mol. The first kappa shape index (κ1) is 27.7. The van der Waals surface area contributed by atoms with Gasteiger partial charge in [-0.05, 0) is 92.6 Å². The number of anilines is 1. The molecule has 0 radical (unpaired) electrons. The van der Waals surface area contributed by atoms with Gasteiger partial charge in [-0.3, -0.25) is 14.9 Å². The number of hydrogen-bond acceptors (Lipinski definition) is 5. The maximum absolute atomic E-state index is 13.5. The molecular formula is C32H28ClN3O5. The maximum Gasteiger partial charge on any atom is 0.336 e. The van der Waals surface area contributed by atoms with Crippen LogP contribution < -0.4 is 19.7 Å². The van der Waals surface area contributed by atoms with Gasteiger partial charge in [-0.1, -0.05) is 35.9 Å². The average molecular weight is 570 g/mol. The number of nitrogens with zero attached hydrogens (tertiary/aromatic N) is 2. The van der Waals surface area contributed by atoms with Crippen molar-refractivity contribution in [3.8, 4) is 17.2 Å². The number of ether oxygens (including phenoxy) is 2. The lowest BCUT2D eigenvalue weighted by atomic mass is 10.1. The highest BCUT2D eigenvalue weighted by molar-refractivity contribution is 6.39. The number of carbonyl (C=O) groups excluding carboxylic acids is 3. The zero-order valence-corrected chi connectivity index (χ0v) is 23.6. The number of carbonyl (C=O) groups is 3. The van der Waals surface area contributed by atoms with E-state index in [9.17, 15) is 14.4 Å². The summed E-state index contributed by atoms with van der Waals surface area (Å²) in [4.78, 5) is 39.9. The summed E-state index contributed by atoms with van der Waals surface area (Å²) in [6, 6.07) is 22.9. The van der Waals surface area contributed by atoms with Crippen molar-refractivity contribution >= 4 is 41.2 Å². The highest BCUT2D eigenvalue weighted by Crippen LogP contribution is 2.32. The van der Waals surface area contributed by atoms with Gasteiger partial charge < -0.3 is 14.0 Å². The Balaban J connectivity index is 1.40. The zero-order chi connectivity index (χ0) is 29.1. The summed E-state index contributed by atoms with van der Waals surface area (Å²) in [7, 11) is 0. The van der Waals surface area contributed by atoms with Crippen LogP contribution in [-0.4, -0.2) is 29.0 Å². The zero-order valence-electron chi connectivity index (χ0n) is 22.8. The molecule has 3 aromatic carbocycles. The summed E-state index contributed by atoms with van der Waals surface area (Å²) >= 11 is 5.95. The summed E-state index contributed by atoms with van der Waals surface area (Å²) < 4.78 is 13.5. The molecule has 4 aromatic rings. The fraction of sp³-hybridized carbons (Fsp3) is 0.156. The van der Waals surface area contributed by atoms with Crippen LogP contribution in [-0.2, 0) is 16.2 Å². The number of benzene rings is 3. The Labute approximate surface area is 242 Å². The third-order valence-corrected chi connectivity index (χ3v) is 6.94. The van der Waals surface area contributed by atoms with E-state index in [1.54, 1.807) is 24.3 Å². The lowest BCUT2D eigenvalue weighted by Gasteiger charge is -2.27. The molecule has 0 unspecified atom stereocenters. The molecule has 2 heterocycles. The predicted octanol–water partition coefficient (Wildman–Crippen LogP) is 6.39. The molecule has 1 N–H and O–H groups in total. The van der Waals surface area contributed by atoms with E-state index in [-0.39, 0.29) is 11.3 Å². The van der Waals surface area contributed by atoms with Crippen molar-refractivity contribution in [2.24, 2.45) is 0 Å². The van der Waals surface area contributed by atoms with E-state index < -0.39 is 17.8 Å². The Morgan fingerprint density at radius 2 is 1.61 bits per heavy atom. The van der Waals surface area contributed by atoms with Crippen molar-refractivity contribution in [1.82, 2.24) is 9.88 Å². The van der Waals surface area contributed by atoms with E-state index in [0.29, 0.717) is 29.5 Å². The molecule has 5 rings (SSSR count). The number of aryl methyl sites for hydroxylation is 1. The fourth-order valence-corrected chi connectivity index (χ4v) is 4.85. The number of nitrogens with one attached hydrogen (secondary N) is 1. The summed E-state index contributed by atoms with van der Waals surface area (Å²) in [6.45, 7) is 6.42. The molecule has 1 aromatic heterocycles. The van der Waals surface area contributed by atoms with Crippen LogP contribution in [0.4, 0.5) is 10.5 Å². The van der Waals surface area contributed by atoms with E-state index >= 15 is 0 Å². The number of hydrogen-bond donors (Lipinski definition) is 1. The number of barbiturate groups is 1. The molecule has 1 aliphatic rings. The standard InChI is InChI=1S/C32H28ClN3O5/c1-4-40-29-8-6-5-7-28(29)36-31(38)27(30(37)34-32(36)39)18-23-17-20(2)35(21(23)3)25-13-15-26(16-14-25)41-19-22-9-11-24(33)12-10-22/h5-18H,4,19H2,1-3H3,(H,34,37,39)/b27-18+. The van der Waals surface area contributed by atoms with Crippen LogP contribution in [0.2, 0.25) is 5.02 Å². The summed E-state index contributed by atoms with van der Waals surface area (Å²) in [5, 5.41) is 2.96. The maximum atomic E-state index is 13.5. The van der Waals surface area contributed by atoms with Crippen LogP contribution in [0.25, 0.3) is 11.8 Å². The second-order valence-electron chi connectivity index (χ2n) is 9.43. The number of urea groups is 1. The molecule has 1 saturated heterocycles. The van der Waals surface area contributed by atoms with Crippen LogP contribution in [0.3, 0.4) is 0 Å². The Kier molecular flexibility index (Phi) is 7.94. The predicted molar refractivity (Wildman–Crippen MR) is 158 cm³/mol. The molecule has 4 amide bonds. The fourth-order valence-electron chi connectivity index (χ4n) is 4.72. The molecule has 0 aliphatic carbocycles. The van der Waals surface area contributed by atoms with Crippen molar-refractivity contribution < 1.29 is 23.9 Å². The van der Waals surface area contributed by atoms with Gasteiger partial charge in [0.15, 0.2) is 0 Å². The molecule has 9 heteroatoms. The van der Waals surface area contributed by atoms with E-state index in [0.717, 1.165) is 33.3 Å². The monoisotopic (exact) mass is 569 g/mol. The second-order valence-corrected chi connectivity index (χ2v) is 9.87. The summed E-state index contributed by atoms with van der Waals surface area (Å²) in [5.74, 6) is -0.393. The summed E-state index contributed by atoms with van der Waals surface area (Å²) in [5.41, 5.74) is 4.42. The molecule has 8 nitrogen and oxygen atoms in total. The molecule has 0 atom stereocenters. The van der Waals surface area contributed by atoms with Crippen molar-refractivity contribution in [2.75, 3.05) is 11.5 Å². The normalized spacial score (nSPS) is 14.4. The summed E-state index contributed by atoms with van der Waals surface area (Å²) in [6.07, 6.45) is 1.52. The van der Waals surface area contributed by atoms with E-state index in [2.05, 4.69) is 5.32 Å². The molecule has 1 aliphatic heterocycles. The minimum Gasteiger partial charge on any atom is -0.492 e. The minimum absolute atomic E-state index is 0.151. The van der Waals surface area contributed by atoms with Crippen LogP contribution >= 0.6 is 11.6 Å². The highest BCUT2D eigenvalue weighted by atomic mass is 35.5. The molecule has 0 bridgehead atoms. The SMILES string of the molecule is CCOc1ccccc1N1C(=O)NC(=O)/C(=C\c2cc(C)n(-c3ccc(OCc4ccc(Cl)cc4)cc3)c2C)C1=O. The lowest BCUT2D eigenvalue weighted by Crippen LogP contribution is -2.54. The highest BCUT2D eigenvalue weighted by Gasteiger charge is 2.38. The average Bonchev–Trinajstić information content (AvgIpc) is 3.24. The van der Waals surface area contributed by atoms with Crippen molar-refractivity contribution in [3.63, 3.8) is 0 Å². The van der Waals surface area contributed by atoms with Crippen molar-refractivity contribution in [3.05, 3.63) is 112 Å². The Hall–Kier alpha value is -4.82. The van der Waals surface area contributed by atoms with Gasteiger partial charge in [0.05, 0.1) is 12.3 Å². The number of aromatic nitrogens is 1. The van der Waals surface area contributed by atoms with Gasteiger partial charge in [-0.25, -0.2) is 9.69 Å². The van der Waals surface area contributed by atoms with Crippen LogP contribution in [0.1, 0.15) is 29.4 Å². The van der Waals surface area contributed by atoms with Gasteiger partial charge in [-0.2, -0.15) is 0 Å². The molecule has 0 spiro atoms. The largest absolute Gasteiger partial charge is 0.492 e. The molecule has 0 saturated carbocycles. The van der Waals surface area contributed by atoms with Gasteiger partial charge in [0.2, 0.25) is 0 Å². The first-order chi connectivity index (χ1) is 19.8. The lowest BCUT2D eigenvalue weighted by molar-refractivity contribution is -0.122. The van der Waals surface area contributed by atoms with Gasteiger partial charge >= 0.3 is 6.03 Å². The number of rotatable bonds is 8. The number of para-hydroxylation sites is 2. The van der Waals surface area contributed by atoms with E-state index in [1.165, 1.54) is 6.08 Å². The third-order valence-electron chi connectivity index (χ3n) is 6.69. The Bertz CT molecular complexity index is 1660. The van der Waals surface area contributed by atoms with Crippen LogP contribution in [0, 0.1) is 13.8 Å². The van der Waals surface area contributed by atoms with E-state index in [4.69, 9.17) is 21.1 Å². The first-order valence-electron chi connectivity index (χ1n) is 13.1. The van der Waals surface area contributed by atoms with Gasteiger partial charge in [0.25, 0.3) is 11.8 Å². The van der Waals surface area contributed by atoms with Gasteiger partial charge in [-0.15, -0.1) is 0 Å².